The Hall–Kier alpha value is -2.08. The zero-order chi connectivity index (χ0) is 13.9. The fourth-order valence-corrected chi connectivity index (χ4v) is 2.31. The van der Waals surface area contributed by atoms with Gasteiger partial charge in [0.05, 0.1) is 18.8 Å². The first-order chi connectivity index (χ1) is 9.70. The molecule has 3 N–H and O–H groups in total. The first-order valence-electron chi connectivity index (χ1n) is 6.72. The molecule has 2 aromatic heterocycles. The molecule has 0 spiro atoms. The van der Waals surface area contributed by atoms with Crippen LogP contribution in [-0.4, -0.2) is 23.2 Å². The van der Waals surface area contributed by atoms with Crippen LogP contribution in [-0.2, 0) is 11.3 Å². The number of nitrogens with one attached hydrogen (secondary N) is 1. The van der Waals surface area contributed by atoms with Gasteiger partial charge in [-0.1, -0.05) is 0 Å². The quantitative estimate of drug-likeness (QED) is 0.887. The number of aryl methyl sites for hydroxylation is 1. The van der Waals surface area contributed by atoms with Crippen LogP contribution in [0.25, 0.3) is 0 Å². The third kappa shape index (κ3) is 2.91. The van der Waals surface area contributed by atoms with Gasteiger partial charge in [0, 0.05) is 18.6 Å². The van der Waals surface area contributed by atoms with E-state index >= 15 is 0 Å². The van der Waals surface area contributed by atoms with Crippen LogP contribution in [0.5, 0.6) is 0 Å². The minimum absolute atomic E-state index is 0.285. The minimum atomic E-state index is 0.285. The van der Waals surface area contributed by atoms with E-state index in [0.29, 0.717) is 24.9 Å². The fraction of sp³-hybridized carbons (Fsp3) is 0.429. The second kappa shape index (κ2) is 5.50. The third-order valence-corrected chi connectivity index (χ3v) is 3.35. The molecule has 20 heavy (non-hydrogen) atoms. The Labute approximate surface area is 117 Å². The number of rotatable bonds is 4. The molecule has 1 atom stereocenters. The summed E-state index contributed by atoms with van der Waals surface area (Å²) in [6.07, 6.45) is 0.979. The van der Waals surface area contributed by atoms with E-state index in [2.05, 4.69) is 15.3 Å². The lowest BCUT2D eigenvalue weighted by atomic mass is 10.0. The van der Waals surface area contributed by atoms with Gasteiger partial charge in [-0.15, -0.1) is 0 Å². The normalized spacial score (nSPS) is 18.4. The molecule has 2 aromatic rings. The lowest BCUT2D eigenvalue weighted by molar-refractivity contribution is 0.193. The van der Waals surface area contributed by atoms with E-state index in [1.807, 2.05) is 25.1 Å². The van der Waals surface area contributed by atoms with Crippen LogP contribution in [0, 0.1) is 6.92 Å². The van der Waals surface area contributed by atoms with Gasteiger partial charge in [0.1, 0.15) is 17.3 Å². The van der Waals surface area contributed by atoms with Crippen molar-refractivity contribution < 1.29 is 9.15 Å². The standard InChI is InChI=1S/C14H18N4O2/c1-9-2-3-11(20-9)7-16-13-6-12(17-14(15)18-13)10-4-5-19-8-10/h2-3,6,10H,4-5,7-8H2,1H3,(H3,15,16,17,18)/t10-/m0/s1. The Kier molecular flexibility index (Phi) is 3.56. The summed E-state index contributed by atoms with van der Waals surface area (Å²) in [4.78, 5) is 8.50. The molecular weight excluding hydrogens is 256 g/mol. The van der Waals surface area contributed by atoms with Gasteiger partial charge in [-0.25, -0.2) is 4.98 Å². The molecule has 1 aliphatic heterocycles. The summed E-state index contributed by atoms with van der Waals surface area (Å²) < 4.78 is 10.9. The molecule has 0 bridgehead atoms. The first-order valence-corrected chi connectivity index (χ1v) is 6.72. The zero-order valence-electron chi connectivity index (χ0n) is 11.4. The van der Waals surface area contributed by atoms with Crippen LogP contribution in [0.1, 0.15) is 29.6 Å². The molecule has 0 amide bonds. The maximum atomic E-state index is 5.77. The van der Waals surface area contributed by atoms with Crippen molar-refractivity contribution in [3.8, 4) is 0 Å². The molecule has 6 heteroatoms. The van der Waals surface area contributed by atoms with Gasteiger partial charge in [-0.05, 0) is 25.5 Å². The van der Waals surface area contributed by atoms with E-state index in [0.717, 1.165) is 30.2 Å². The Morgan fingerprint density at radius 1 is 1.40 bits per heavy atom. The molecular formula is C14H18N4O2. The van der Waals surface area contributed by atoms with Crippen molar-refractivity contribution in [1.82, 2.24) is 9.97 Å². The van der Waals surface area contributed by atoms with Gasteiger partial charge >= 0.3 is 0 Å². The average molecular weight is 274 g/mol. The van der Waals surface area contributed by atoms with Crippen LogP contribution in [0.15, 0.2) is 22.6 Å². The number of nitrogen functional groups attached to an aromatic ring is 1. The van der Waals surface area contributed by atoms with E-state index in [9.17, 15) is 0 Å². The molecule has 0 aromatic carbocycles. The van der Waals surface area contributed by atoms with E-state index in [-0.39, 0.29) is 5.95 Å². The smallest absolute Gasteiger partial charge is 0.222 e. The van der Waals surface area contributed by atoms with Crippen LogP contribution >= 0.6 is 0 Å². The average Bonchev–Trinajstić information content (AvgIpc) is 3.07. The number of hydrogen-bond donors (Lipinski definition) is 2. The van der Waals surface area contributed by atoms with Crippen molar-refractivity contribution in [2.24, 2.45) is 0 Å². The Morgan fingerprint density at radius 3 is 3.00 bits per heavy atom. The Bertz CT molecular complexity index is 591. The summed E-state index contributed by atoms with van der Waals surface area (Å²) >= 11 is 0. The molecule has 3 rings (SSSR count). The predicted octanol–water partition coefficient (Wildman–Crippen LogP) is 2.08. The van der Waals surface area contributed by atoms with Crippen molar-refractivity contribution in [2.75, 3.05) is 24.3 Å². The third-order valence-electron chi connectivity index (χ3n) is 3.35. The van der Waals surface area contributed by atoms with Crippen molar-refractivity contribution >= 4 is 11.8 Å². The molecule has 1 fully saturated rings. The second-order valence-corrected chi connectivity index (χ2v) is 4.96. The Balaban J connectivity index is 1.72. The molecule has 1 saturated heterocycles. The SMILES string of the molecule is Cc1ccc(CNc2cc([C@H]3CCOC3)nc(N)n2)o1. The summed E-state index contributed by atoms with van der Waals surface area (Å²) in [5.41, 5.74) is 6.71. The number of aromatic nitrogens is 2. The molecule has 1 aliphatic rings. The predicted molar refractivity (Wildman–Crippen MR) is 75.4 cm³/mol. The lowest BCUT2D eigenvalue weighted by Gasteiger charge is -2.10. The van der Waals surface area contributed by atoms with Gasteiger partial charge < -0.3 is 20.2 Å². The zero-order valence-corrected chi connectivity index (χ0v) is 11.4. The maximum Gasteiger partial charge on any atom is 0.222 e. The van der Waals surface area contributed by atoms with E-state index in [1.54, 1.807) is 0 Å². The van der Waals surface area contributed by atoms with Crippen molar-refractivity contribution in [3.63, 3.8) is 0 Å². The fourth-order valence-electron chi connectivity index (χ4n) is 2.31. The summed E-state index contributed by atoms with van der Waals surface area (Å²) in [6.45, 7) is 3.98. The molecule has 0 aliphatic carbocycles. The minimum Gasteiger partial charge on any atom is -0.465 e. The monoisotopic (exact) mass is 274 g/mol. The number of nitrogens with zero attached hydrogens (tertiary/aromatic N) is 2. The van der Waals surface area contributed by atoms with Gasteiger partial charge in [-0.2, -0.15) is 4.98 Å². The summed E-state index contributed by atoms with van der Waals surface area (Å²) in [5, 5.41) is 3.21. The topological polar surface area (TPSA) is 86.2 Å². The molecule has 0 saturated carbocycles. The van der Waals surface area contributed by atoms with Gasteiger partial charge in [-0.3, -0.25) is 0 Å². The highest BCUT2D eigenvalue weighted by molar-refractivity contribution is 5.41. The van der Waals surface area contributed by atoms with E-state index in [1.165, 1.54) is 0 Å². The van der Waals surface area contributed by atoms with E-state index in [4.69, 9.17) is 14.9 Å². The summed E-state index contributed by atoms with van der Waals surface area (Å²) in [6, 6.07) is 5.82. The maximum absolute atomic E-state index is 5.77. The van der Waals surface area contributed by atoms with Crippen molar-refractivity contribution in [2.45, 2.75) is 25.8 Å². The molecule has 6 nitrogen and oxygen atoms in total. The van der Waals surface area contributed by atoms with Crippen LogP contribution in [0.4, 0.5) is 11.8 Å². The summed E-state index contributed by atoms with van der Waals surface area (Å²) in [7, 11) is 0. The van der Waals surface area contributed by atoms with Crippen LogP contribution in [0.3, 0.4) is 0 Å². The van der Waals surface area contributed by atoms with Gasteiger partial charge in [0.2, 0.25) is 5.95 Å². The van der Waals surface area contributed by atoms with Crippen molar-refractivity contribution in [1.29, 1.82) is 0 Å². The van der Waals surface area contributed by atoms with Crippen LogP contribution < -0.4 is 11.1 Å². The summed E-state index contributed by atoms with van der Waals surface area (Å²) in [5.74, 6) is 3.07. The number of anilines is 2. The highest BCUT2D eigenvalue weighted by Gasteiger charge is 2.20. The number of ether oxygens (including phenoxy) is 1. The molecule has 0 radical (unpaired) electrons. The molecule has 0 unspecified atom stereocenters. The number of nitrogens with two attached hydrogens (primary N) is 1. The van der Waals surface area contributed by atoms with Crippen molar-refractivity contribution in [3.05, 3.63) is 35.4 Å². The van der Waals surface area contributed by atoms with Crippen LogP contribution in [0.2, 0.25) is 0 Å². The first kappa shape index (κ1) is 12.9. The van der Waals surface area contributed by atoms with E-state index < -0.39 is 0 Å². The highest BCUT2D eigenvalue weighted by Crippen LogP contribution is 2.25. The lowest BCUT2D eigenvalue weighted by Crippen LogP contribution is -2.09. The molecule has 106 valence electrons. The largest absolute Gasteiger partial charge is 0.465 e. The van der Waals surface area contributed by atoms with Gasteiger partial charge in [0.25, 0.3) is 0 Å². The van der Waals surface area contributed by atoms with Gasteiger partial charge in [0.15, 0.2) is 0 Å². The molecule has 3 heterocycles. The highest BCUT2D eigenvalue weighted by atomic mass is 16.5. The number of furan rings is 1. The second-order valence-electron chi connectivity index (χ2n) is 4.96. The number of hydrogen-bond acceptors (Lipinski definition) is 6. The Morgan fingerprint density at radius 2 is 2.30 bits per heavy atom.